The summed E-state index contributed by atoms with van der Waals surface area (Å²) in [6, 6.07) is 11.3. The molecule has 1 amide bonds. The molecule has 0 spiro atoms. The number of morpholine rings is 1. The van der Waals surface area contributed by atoms with Crippen molar-refractivity contribution in [3.8, 4) is 0 Å². The molecule has 1 aromatic carbocycles. The number of ether oxygens (including phenoxy) is 1. The van der Waals surface area contributed by atoms with Crippen LogP contribution in [0, 0.1) is 6.92 Å². The summed E-state index contributed by atoms with van der Waals surface area (Å²) in [7, 11) is 0. The maximum absolute atomic E-state index is 12.6. The van der Waals surface area contributed by atoms with Crippen LogP contribution < -0.4 is 5.73 Å². The van der Waals surface area contributed by atoms with E-state index in [1.165, 1.54) is 0 Å². The highest BCUT2D eigenvalue weighted by molar-refractivity contribution is 7.10. The Morgan fingerprint density at radius 3 is 2.74 bits per heavy atom. The largest absolute Gasteiger partial charge is 0.369 e. The van der Waals surface area contributed by atoms with Crippen LogP contribution in [0.1, 0.15) is 28.1 Å². The normalized spacial score (nSPS) is 19.0. The van der Waals surface area contributed by atoms with Gasteiger partial charge in [-0.25, -0.2) is 0 Å². The first-order valence-corrected chi connectivity index (χ1v) is 8.29. The van der Waals surface area contributed by atoms with Gasteiger partial charge in [-0.1, -0.05) is 35.9 Å². The zero-order valence-corrected chi connectivity index (χ0v) is 14.6. The summed E-state index contributed by atoms with van der Waals surface area (Å²) in [4.78, 5) is 15.6. The van der Waals surface area contributed by atoms with Gasteiger partial charge in [-0.15, -0.1) is 23.7 Å². The van der Waals surface area contributed by atoms with Gasteiger partial charge < -0.3 is 15.4 Å². The summed E-state index contributed by atoms with van der Waals surface area (Å²) < 4.78 is 5.78. The van der Waals surface area contributed by atoms with Crippen LogP contribution in [0.25, 0.3) is 0 Å². The average molecular weight is 353 g/mol. The molecule has 1 fully saturated rings. The van der Waals surface area contributed by atoms with Gasteiger partial charge in [0.25, 0.3) is 0 Å². The second-order valence-electron chi connectivity index (χ2n) is 5.55. The molecule has 2 atom stereocenters. The van der Waals surface area contributed by atoms with Gasteiger partial charge in [-0.05, 0) is 23.9 Å². The Hall–Kier alpha value is -1.40. The lowest BCUT2D eigenvalue weighted by atomic mass is 10.0. The Labute approximate surface area is 146 Å². The third-order valence-corrected chi connectivity index (χ3v) is 4.91. The van der Waals surface area contributed by atoms with E-state index in [0.29, 0.717) is 19.7 Å². The van der Waals surface area contributed by atoms with E-state index in [9.17, 15) is 4.79 Å². The minimum atomic E-state index is -0.609. The van der Waals surface area contributed by atoms with Crippen LogP contribution in [0.5, 0.6) is 0 Å². The average Bonchev–Trinajstić information content (AvgIpc) is 3.09. The van der Waals surface area contributed by atoms with Gasteiger partial charge in [-0.2, -0.15) is 0 Å². The van der Waals surface area contributed by atoms with E-state index in [1.54, 1.807) is 11.3 Å². The molecule has 1 aliphatic heterocycles. The van der Waals surface area contributed by atoms with Crippen molar-refractivity contribution in [3.05, 3.63) is 57.8 Å². The van der Waals surface area contributed by atoms with E-state index in [0.717, 1.165) is 16.0 Å². The fraction of sp³-hybridized carbons (Fsp3) is 0.353. The molecule has 6 heteroatoms. The maximum Gasteiger partial charge on any atom is 0.244 e. The molecule has 2 aromatic rings. The number of aryl methyl sites for hydroxylation is 1. The van der Waals surface area contributed by atoms with Crippen LogP contribution in [0.2, 0.25) is 0 Å². The van der Waals surface area contributed by atoms with Crippen LogP contribution in [0.3, 0.4) is 0 Å². The van der Waals surface area contributed by atoms with Crippen LogP contribution in [-0.2, 0) is 9.53 Å². The van der Waals surface area contributed by atoms with Gasteiger partial charge in [0.15, 0.2) is 0 Å². The van der Waals surface area contributed by atoms with Crippen LogP contribution in [0.15, 0.2) is 41.8 Å². The van der Waals surface area contributed by atoms with Gasteiger partial charge in [-0.3, -0.25) is 4.79 Å². The minimum Gasteiger partial charge on any atom is -0.369 e. The summed E-state index contributed by atoms with van der Waals surface area (Å²) in [6.45, 7) is 3.73. The number of hydrogen-bond acceptors (Lipinski definition) is 4. The number of carbonyl (C=O) groups excluding carboxylic acids is 1. The van der Waals surface area contributed by atoms with Crippen LogP contribution in [0.4, 0.5) is 0 Å². The number of nitrogens with zero attached hydrogens (tertiary/aromatic N) is 1. The Morgan fingerprint density at radius 1 is 1.35 bits per heavy atom. The molecular weight excluding hydrogens is 332 g/mol. The summed E-state index contributed by atoms with van der Waals surface area (Å²) >= 11 is 1.66. The predicted octanol–water partition coefficient (Wildman–Crippen LogP) is 3.08. The first-order chi connectivity index (χ1) is 10.6. The lowest BCUT2D eigenvalue weighted by Crippen LogP contribution is -2.46. The molecule has 1 saturated heterocycles. The van der Waals surface area contributed by atoms with Gasteiger partial charge in [0.05, 0.1) is 13.2 Å². The van der Waals surface area contributed by atoms with Crippen molar-refractivity contribution in [2.24, 2.45) is 5.73 Å². The fourth-order valence-electron chi connectivity index (χ4n) is 2.61. The third-order valence-electron chi connectivity index (χ3n) is 3.94. The molecule has 0 radical (unpaired) electrons. The van der Waals surface area contributed by atoms with Crippen molar-refractivity contribution < 1.29 is 9.53 Å². The van der Waals surface area contributed by atoms with Crippen molar-refractivity contribution in [2.45, 2.75) is 19.1 Å². The van der Waals surface area contributed by atoms with Gasteiger partial charge >= 0.3 is 0 Å². The molecule has 2 heterocycles. The number of carbonyl (C=O) groups is 1. The third kappa shape index (κ3) is 4.12. The van der Waals surface area contributed by atoms with Crippen molar-refractivity contribution in [3.63, 3.8) is 0 Å². The molecule has 0 aliphatic carbocycles. The number of amides is 1. The molecule has 2 unspecified atom stereocenters. The van der Waals surface area contributed by atoms with E-state index in [-0.39, 0.29) is 24.4 Å². The highest BCUT2D eigenvalue weighted by Crippen LogP contribution is 2.27. The van der Waals surface area contributed by atoms with Crippen molar-refractivity contribution in [2.75, 3.05) is 19.7 Å². The molecular formula is C17H21ClN2O2S. The van der Waals surface area contributed by atoms with Crippen LogP contribution in [-0.4, -0.2) is 30.5 Å². The number of thiophene rings is 1. The monoisotopic (exact) mass is 352 g/mol. The zero-order chi connectivity index (χ0) is 15.5. The molecule has 4 nitrogen and oxygen atoms in total. The van der Waals surface area contributed by atoms with E-state index in [1.807, 2.05) is 53.6 Å². The predicted molar refractivity (Wildman–Crippen MR) is 94.9 cm³/mol. The summed E-state index contributed by atoms with van der Waals surface area (Å²) in [5.41, 5.74) is 8.17. The van der Waals surface area contributed by atoms with Crippen molar-refractivity contribution in [1.82, 2.24) is 4.90 Å². The smallest absolute Gasteiger partial charge is 0.244 e. The number of halogens is 1. The SMILES string of the molecule is Cc1ccc(C(N)C(=O)N2CCOC(c3cccs3)C2)cc1.Cl. The van der Waals surface area contributed by atoms with E-state index < -0.39 is 6.04 Å². The number of benzene rings is 1. The minimum absolute atomic E-state index is 0. The highest BCUT2D eigenvalue weighted by atomic mass is 35.5. The highest BCUT2D eigenvalue weighted by Gasteiger charge is 2.29. The Kier molecular flexibility index (Phi) is 6.18. The fourth-order valence-corrected chi connectivity index (χ4v) is 3.37. The van der Waals surface area contributed by atoms with Crippen molar-refractivity contribution in [1.29, 1.82) is 0 Å². The Balaban J connectivity index is 0.00000192. The molecule has 3 rings (SSSR count). The van der Waals surface area contributed by atoms with E-state index in [2.05, 4.69) is 0 Å². The molecule has 124 valence electrons. The lowest BCUT2D eigenvalue weighted by Gasteiger charge is -2.34. The van der Waals surface area contributed by atoms with Crippen molar-refractivity contribution >= 4 is 29.7 Å². The summed E-state index contributed by atoms with van der Waals surface area (Å²) in [6.07, 6.45) is -0.0390. The van der Waals surface area contributed by atoms with E-state index in [4.69, 9.17) is 10.5 Å². The second-order valence-corrected chi connectivity index (χ2v) is 6.53. The first-order valence-electron chi connectivity index (χ1n) is 7.41. The molecule has 23 heavy (non-hydrogen) atoms. The van der Waals surface area contributed by atoms with Crippen LogP contribution >= 0.6 is 23.7 Å². The second kappa shape index (κ2) is 7.93. The molecule has 1 aromatic heterocycles. The Bertz CT molecular complexity index is 631. The maximum atomic E-state index is 12.6. The zero-order valence-electron chi connectivity index (χ0n) is 13.0. The molecule has 1 aliphatic rings. The topological polar surface area (TPSA) is 55.6 Å². The van der Waals surface area contributed by atoms with Gasteiger partial charge in [0.2, 0.25) is 5.91 Å². The summed E-state index contributed by atoms with van der Waals surface area (Å²) in [5.74, 6) is -0.0336. The first kappa shape index (κ1) is 17.9. The lowest BCUT2D eigenvalue weighted by molar-refractivity contribution is -0.140. The number of hydrogen-bond donors (Lipinski definition) is 1. The Morgan fingerprint density at radius 2 is 2.09 bits per heavy atom. The molecule has 2 N–H and O–H groups in total. The molecule has 0 bridgehead atoms. The van der Waals surface area contributed by atoms with E-state index >= 15 is 0 Å². The number of nitrogens with two attached hydrogens (primary N) is 1. The standard InChI is InChI=1S/C17H20N2O2S.ClH/c1-12-4-6-13(7-5-12)16(18)17(20)19-8-9-21-14(11-19)15-3-2-10-22-15;/h2-7,10,14,16H,8-9,11,18H2,1H3;1H. The van der Waals surface area contributed by atoms with Gasteiger partial charge in [0, 0.05) is 11.4 Å². The van der Waals surface area contributed by atoms with Gasteiger partial charge in [0.1, 0.15) is 12.1 Å². The summed E-state index contributed by atoms with van der Waals surface area (Å²) in [5, 5.41) is 2.03. The quantitative estimate of drug-likeness (QED) is 0.923. The molecule has 0 saturated carbocycles. The number of rotatable bonds is 3.